The van der Waals surface area contributed by atoms with Crippen molar-refractivity contribution in [3.8, 4) is 0 Å². The third-order valence-corrected chi connectivity index (χ3v) is 5.56. The van der Waals surface area contributed by atoms with Gasteiger partial charge in [-0.1, -0.05) is 105 Å². The van der Waals surface area contributed by atoms with Crippen molar-refractivity contribution in [3.05, 3.63) is 108 Å². The maximum Gasteiger partial charge on any atom is 0.0822 e. The van der Waals surface area contributed by atoms with Crippen LogP contribution in [0.5, 0.6) is 0 Å². The Morgan fingerprint density at radius 2 is 1.09 bits per heavy atom. The Hall–Kier alpha value is -1.88. The van der Waals surface area contributed by atoms with Gasteiger partial charge in [0, 0.05) is 25.7 Å². The summed E-state index contributed by atoms with van der Waals surface area (Å²) in [7, 11) is 0. The zero-order valence-corrected chi connectivity index (χ0v) is 21.3. The van der Waals surface area contributed by atoms with Gasteiger partial charge in [-0.3, -0.25) is 4.90 Å². The first-order chi connectivity index (χ1) is 15.1. The van der Waals surface area contributed by atoms with Crippen LogP contribution in [0, 0.1) is 5.92 Å². The Labute approximate surface area is 212 Å². The third kappa shape index (κ3) is 10.3. The molecule has 180 valence electrons. The standard InChI is InChI=1S/C28H36N2O.2ClH/c1-23(2)19-29-20-28(31)27(18-24-12-6-3-7-13-24)30(21-25-14-8-4-9-15-25)22-26-16-10-5-11-17-26;;/h3-17,23,27-29,31H,18-22H2,1-2H3;2*1H/t27-,28+;;/m0../s1. The van der Waals surface area contributed by atoms with Gasteiger partial charge in [0.05, 0.1) is 6.10 Å². The van der Waals surface area contributed by atoms with Gasteiger partial charge in [0.2, 0.25) is 0 Å². The number of hydrogen-bond acceptors (Lipinski definition) is 3. The fourth-order valence-electron chi connectivity index (χ4n) is 3.95. The average molecular weight is 490 g/mol. The highest BCUT2D eigenvalue weighted by atomic mass is 35.5. The van der Waals surface area contributed by atoms with Crippen LogP contribution < -0.4 is 5.32 Å². The van der Waals surface area contributed by atoms with Crippen molar-refractivity contribution in [2.24, 2.45) is 5.92 Å². The molecule has 5 heteroatoms. The number of benzene rings is 3. The zero-order valence-electron chi connectivity index (χ0n) is 19.6. The molecule has 0 amide bonds. The lowest BCUT2D eigenvalue weighted by Crippen LogP contribution is -2.48. The van der Waals surface area contributed by atoms with E-state index in [1.807, 2.05) is 6.07 Å². The van der Waals surface area contributed by atoms with Gasteiger partial charge in [-0.05, 0) is 35.6 Å². The lowest BCUT2D eigenvalue weighted by molar-refractivity contribution is 0.0390. The summed E-state index contributed by atoms with van der Waals surface area (Å²) in [5, 5.41) is 14.8. The highest BCUT2D eigenvalue weighted by Gasteiger charge is 2.27. The van der Waals surface area contributed by atoms with E-state index in [2.05, 4.69) is 109 Å². The van der Waals surface area contributed by atoms with Crippen molar-refractivity contribution in [1.82, 2.24) is 10.2 Å². The van der Waals surface area contributed by atoms with Crippen molar-refractivity contribution >= 4 is 24.8 Å². The van der Waals surface area contributed by atoms with Gasteiger partial charge >= 0.3 is 0 Å². The molecule has 0 bridgehead atoms. The zero-order chi connectivity index (χ0) is 21.9. The molecule has 0 aliphatic rings. The number of aliphatic hydroxyl groups is 1. The van der Waals surface area contributed by atoms with Crippen LogP contribution in [0.4, 0.5) is 0 Å². The number of nitrogens with one attached hydrogen (secondary N) is 1. The summed E-state index contributed by atoms with van der Waals surface area (Å²) in [6.07, 6.45) is 0.344. The summed E-state index contributed by atoms with van der Waals surface area (Å²) in [6, 6.07) is 31.6. The first-order valence-electron chi connectivity index (χ1n) is 11.4. The second-order valence-corrected chi connectivity index (χ2v) is 8.75. The molecular weight excluding hydrogens is 451 g/mol. The monoisotopic (exact) mass is 488 g/mol. The van der Waals surface area contributed by atoms with Crippen LogP contribution in [0.25, 0.3) is 0 Å². The molecule has 2 N–H and O–H groups in total. The topological polar surface area (TPSA) is 35.5 Å². The second kappa shape index (κ2) is 15.9. The molecule has 0 aromatic heterocycles. The molecule has 0 spiro atoms. The van der Waals surface area contributed by atoms with Crippen molar-refractivity contribution in [2.45, 2.75) is 45.5 Å². The molecule has 0 fully saturated rings. The van der Waals surface area contributed by atoms with Crippen LogP contribution in [-0.4, -0.2) is 35.2 Å². The first kappa shape index (κ1) is 29.2. The van der Waals surface area contributed by atoms with Crippen LogP contribution in [0.1, 0.15) is 30.5 Å². The second-order valence-electron chi connectivity index (χ2n) is 8.75. The molecule has 0 radical (unpaired) electrons. The summed E-state index contributed by atoms with van der Waals surface area (Å²) < 4.78 is 0. The van der Waals surface area contributed by atoms with E-state index >= 15 is 0 Å². The van der Waals surface area contributed by atoms with E-state index in [1.165, 1.54) is 16.7 Å². The minimum absolute atomic E-state index is 0. The summed E-state index contributed by atoms with van der Waals surface area (Å²) in [6.45, 7) is 7.49. The molecular formula is C28H38Cl2N2O. The largest absolute Gasteiger partial charge is 0.390 e. The minimum Gasteiger partial charge on any atom is -0.390 e. The number of aliphatic hydroxyl groups excluding tert-OH is 1. The number of halogens is 2. The van der Waals surface area contributed by atoms with E-state index in [9.17, 15) is 5.11 Å². The van der Waals surface area contributed by atoms with Crippen molar-refractivity contribution in [3.63, 3.8) is 0 Å². The molecule has 0 aliphatic carbocycles. The number of nitrogens with zero attached hydrogens (tertiary/aromatic N) is 1. The Morgan fingerprint density at radius 3 is 1.52 bits per heavy atom. The van der Waals surface area contributed by atoms with E-state index in [4.69, 9.17) is 0 Å². The maximum absolute atomic E-state index is 11.3. The highest BCUT2D eigenvalue weighted by Crippen LogP contribution is 2.19. The number of rotatable bonds is 12. The fourth-order valence-corrected chi connectivity index (χ4v) is 3.95. The third-order valence-electron chi connectivity index (χ3n) is 5.56. The van der Waals surface area contributed by atoms with Crippen LogP contribution in [0.15, 0.2) is 91.0 Å². The van der Waals surface area contributed by atoms with E-state index in [0.717, 1.165) is 26.1 Å². The van der Waals surface area contributed by atoms with E-state index in [-0.39, 0.29) is 30.9 Å². The van der Waals surface area contributed by atoms with E-state index < -0.39 is 6.10 Å². The summed E-state index contributed by atoms with van der Waals surface area (Å²) in [5.41, 5.74) is 3.78. The lowest BCUT2D eigenvalue weighted by atomic mass is 9.97. The van der Waals surface area contributed by atoms with Crippen molar-refractivity contribution in [2.75, 3.05) is 13.1 Å². The van der Waals surface area contributed by atoms with Gasteiger partial charge in [-0.15, -0.1) is 24.8 Å². The Bertz CT molecular complexity index is 821. The molecule has 3 rings (SSSR count). The molecule has 2 atom stereocenters. The molecule has 3 aromatic rings. The van der Waals surface area contributed by atoms with Crippen LogP contribution in [0.2, 0.25) is 0 Å². The molecule has 33 heavy (non-hydrogen) atoms. The molecule has 0 unspecified atom stereocenters. The summed E-state index contributed by atoms with van der Waals surface area (Å²) in [5.74, 6) is 0.560. The Balaban J connectivity index is 0.00000272. The van der Waals surface area contributed by atoms with Crippen LogP contribution in [-0.2, 0) is 19.5 Å². The SMILES string of the molecule is CC(C)CNC[C@@H](O)[C@H](Cc1ccccc1)N(Cc1ccccc1)Cc1ccccc1.Cl.Cl. The smallest absolute Gasteiger partial charge is 0.0822 e. The van der Waals surface area contributed by atoms with Gasteiger partial charge in [-0.2, -0.15) is 0 Å². The average Bonchev–Trinajstić information content (AvgIpc) is 2.79. The van der Waals surface area contributed by atoms with Gasteiger partial charge in [-0.25, -0.2) is 0 Å². The van der Waals surface area contributed by atoms with Crippen molar-refractivity contribution in [1.29, 1.82) is 0 Å². The van der Waals surface area contributed by atoms with Gasteiger partial charge in [0.25, 0.3) is 0 Å². The van der Waals surface area contributed by atoms with Gasteiger partial charge < -0.3 is 10.4 Å². The predicted octanol–water partition coefficient (Wildman–Crippen LogP) is 5.75. The maximum atomic E-state index is 11.3. The highest BCUT2D eigenvalue weighted by molar-refractivity contribution is 5.85. The molecule has 0 aliphatic heterocycles. The Kier molecular flexibility index (Phi) is 14.0. The lowest BCUT2D eigenvalue weighted by Gasteiger charge is -2.36. The van der Waals surface area contributed by atoms with E-state index in [0.29, 0.717) is 12.5 Å². The molecule has 3 aromatic carbocycles. The predicted molar refractivity (Wildman–Crippen MR) is 144 cm³/mol. The van der Waals surface area contributed by atoms with Gasteiger partial charge in [0.1, 0.15) is 0 Å². The Morgan fingerprint density at radius 1 is 0.667 bits per heavy atom. The van der Waals surface area contributed by atoms with Gasteiger partial charge in [0.15, 0.2) is 0 Å². The number of hydrogen-bond donors (Lipinski definition) is 2. The first-order valence-corrected chi connectivity index (χ1v) is 11.4. The normalized spacial score (nSPS) is 12.6. The van der Waals surface area contributed by atoms with Crippen molar-refractivity contribution < 1.29 is 5.11 Å². The fraction of sp³-hybridized carbons (Fsp3) is 0.357. The van der Waals surface area contributed by atoms with E-state index in [1.54, 1.807) is 0 Å². The summed E-state index contributed by atoms with van der Waals surface area (Å²) >= 11 is 0. The molecule has 0 heterocycles. The van der Waals surface area contributed by atoms with Crippen LogP contribution >= 0.6 is 24.8 Å². The molecule has 3 nitrogen and oxygen atoms in total. The van der Waals surface area contributed by atoms with Crippen LogP contribution in [0.3, 0.4) is 0 Å². The molecule has 0 saturated carbocycles. The minimum atomic E-state index is -0.466. The molecule has 0 saturated heterocycles. The quantitative estimate of drug-likeness (QED) is 0.340. The summed E-state index contributed by atoms with van der Waals surface area (Å²) in [4.78, 5) is 2.43.